The van der Waals surface area contributed by atoms with E-state index < -0.39 is 5.67 Å². The highest BCUT2D eigenvalue weighted by molar-refractivity contribution is 5.37. The maximum Gasteiger partial charge on any atom is 0.138 e. The third-order valence-electron chi connectivity index (χ3n) is 3.48. The van der Waals surface area contributed by atoms with Gasteiger partial charge in [-0.05, 0) is 56.5 Å². The summed E-state index contributed by atoms with van der Waals surface area (Å²) in [5.74, 6) is 0. The predicted octanol–water partition coefficient (Wildman–Crippen LogP) is 2.85. The molecule has 1 aromatic carbocycles. The highest BCUT2D eigenvalue weighted by atomic mass is 19.1. The lowest BCUT2D eigenvalue weighted by molar-refractivity contribution is 0.114. The molecule has 0 saturated carbocycles. The minimum Gasteiger partial charge on any atom is -0.316 e. The second-order valence-electron chi connectivity index (χ2n) is 4.46. The highest BCUT2D eigenvalue weighted by Gasteiger charge is 2.34. The van der Waals surface area contributed by atoms with Gasteiger partial charge in [-0.25, -0.2) is 4.39 Å². The van der Waals surface area contributed by atoms with E-state index in [1.54, 1.807) is 0 Å². The molecule has 82 valence electrons. The summed E-state index contributed by atoms with van der Waals surface area (Å²) < 4.78 is 14.7. The van der Waals surface area contributed by atoms with Crippen molar-refractivity contribution in [2.45, 2.75) is 32.4 Å². The number of rotatable bonds is 1. The lowest BCUT2D eigenvalue weighted by Gasteiger charge is -2.32. The van der Waals surface area contributed by atoms with Gasteiger partial charge < -0.3 is 5.32 Å². The zero-order chi connectivity index (χ0) is 10.9. The van der Waals surface area contributed by atoms with E-state index in [0.717, 1.165) is 24.2 Å². The Morgan fingerprint density at radius 1 is 1.20 bits per heavy atom. The molecule has 0 radical (unpaired) electrons. The first-order valence-corrected chi connectivity index (χ1v) is 5.60. The molecular weight excluding hydrogens is 189 g/mol. The molecule has 1 N–H and O–H groups in total. The van der Waals surface area contributed by atoms with Crippen molar-refractivity contribution in [3.8, 4) is 0 Å². The molecule has 0 aliphatic carbocycles. The molecule has 0 spiro atoms. The fourth-order valence-electron chi connectivity index (χ4n) is 2.33. The van der Waals surface area contributed by atoms with E-state index >= 15 is 0 Å². The molecular formula is C13H18FN. The third kappa shape index (κ3) is 1.91. The first-order valence-electron chi connectivity index (χ1n) is 5.60. The lowest BCUT2D eigenvalue weighted by atomic mass is 9.83. The third-order valence-corrected chi connectivity index (χ3v) is 3.48. The van der Waals surface area contributed by atoms with Crippen LogP contribution in [0.15, 0.2) is 18.2 Å². The zero-order valence-electron chi connectivity index (χ0n) is 9.44. The Bertz CT molecular complexity index is 354. The van der Waals surface area contributed by atoms with E-state index in [0.29, 0.717) is 12.8 Å². The monoisotopic (exact) mass is 207 g/mol. The molecule has 0 amide bonds. The van der Waals surface area contributed by atoms with Crippen LogP contribution in [0.3, 0.4) is 0 Å². The summed E-state index contributed by atoms with van der Waals surface area (Å²) in [6, 6.07) is 5.94. The Morgan fingerprint density at radius 3 is 2.53 bits per heavy atom. The van der Waals surface area contributed by atoms with Crippen LogP contribution in [0, 0.1) is 13.8 Å². The molecule has 2 rings (SSSR count). The Morgan fingerprint density at radius 2 is 1.87 bits per heavy atom. The standard InChI is InChI=1S/C13H18FN/c1-10-4-3-5-12(11(10)2)13(14)6-8-15-9-7-13/h3-5,15H,6-9H2,1-2H3. The van der Waals surface area contributed by atoms with Gasteiger partial charge in [0.1, 0.15) is 5.67 Å². The van der Waals surface area contributed by atoms with Gasteiger partial charge in [0.05, 0.1) is 0 Å². The minimum absolute atomic E-state index is 0.595. The smallest absolute Gasteiger partial charge is 0.138 e. The topological polar surface area (TPSA) is 12.0 Å². The van der Waals surface area contributed by atoms with Crippen LogP contribution in [0.2, 0.25) is 0 Å². The van der Waals surface area contributed by atoms with Crippen molar-refractivity contribution in [1.82, 2.24) is 5.32 Å². The molecule has 1 fully saturated rings. The summed E-state index contributed by atoms with van der Waals surface area (Å²) in [6.45, 7) is 5.63. The van der Waals surface area contributed by atoms with E-state index in [-0.39, 0.29) is 0 Å². The first-order chi connectivity index (χ1) is 7.13. The normalized spacial score (nSPS) is 20.2. The summed E-state index contributed by atoms with van der Waals surface area (Å²) >= 11 is 0. The summed E-state index contributed by atoms with van der Waals surface area (Å²) in [4.78, 5) is 0. The van der Waals surface area contributed by atoms with Crippen LogP contribution in [0.5, 0.6) is 0 Å². The van der Waals surface area contributed by atoms with Crippen LogP contribution >= 0.6 is 0 Å². The van der Waals surface area contributed by atoms with Gasteiger partial charge in [0, 0.05) is 0 Å². The molecule has 0 bridgehead atoms. The number of piperidine rings is 1. The molecule has 2 heteroatoms. The molecule has 1 saturated heterocycles. The molecule has 1 heterocycles. The maximum absolute atomic E-state index is 14.7. The summed E-state index contributed by atoms with van der Waals surface area (Å²) in [7, 11) is 0. The Kier molecular flexibility index (Phi) is 2.79. The van der Waals surface area contributed by atoms with Crippen molar-refractivity contribution in [2.75, 3.05) is 13.1 Å². The Balaban J connectivity index is 2.39. The highest BCUT2D eigenvalue weighted by Crippen LogP contribution is 2.37. The second kappa shape index (κ2) is 3.93. The van der Waals surface area contributed by atoms with E-state index in [9.17, 15) is 4.39 Å². The minimum atomic E-state index is -1.11. The van der Waals surface area contributed by atoms with Crippen LogP contribution in [-0.4, -0.2) is 13.1 Å². The Labute approximate surface area is 90.7 Å². The number of halogens is 1. The van der Waals surface area contributed by atoms with Crippen LogP contribution in [0.1, 0.15) is 29.5 Å². The SMILES string of the molecule is Cc1cccc(C2(F)CCNCC2)c1C. The van der Waals surface area contributed by atoms with Gasteiger partial charge in [-0.15, -0.1) is 0 Å². The fourth-order valence-corrected chi connectivity index (χ4v) is 2.33. The molecule has 1 nitrogen and oxygen atoms in total. The molecule has 1 aliphatic rings. The van der Waals surface area contributed by atoms with Crippen LogP contribution < -0.4 is 5.32 Å². The van der Waals surface area contributed by atoms with Crippen molar-refractivity contribution in [3.05, 3.63) is 34.9 Å². The number of aryl methyl sites for hydroxylation is 1. The summed E-state index contributed by atoms with van der Waals surface area (Å²) in [6.07, 6.45) is 1.19. The molecule has 0 unspecified atom stereocenters. The van der Waals surface area contributed by atoms with E-state index in [1.807, 2.05) is 32.0 Å². The van der Waals surface area contributed by atoms with Crippen molar-refractivity contribution in [2.24, 2.45) is 0 Å². The number of hydrogen-bond donors (Lipinski definition) is 1. The van der Waals surface area contributed by atoms with E-state index in [4.69, 9.17) is 0 Å². The van der Waals surface area contributed by atoms with Gasteiger partial charge in [-0.3, -0.25) is 0 Å². The molecule has 1 aliphatic heterocycles. The van der Waals surface area contributed by atoms with Gasteiger partial charge in [-0.1, -0.05) is 18.2 Å². The average Bonchev–Trinajstić information content (AvgIpc) is 2.23. The Hall–Kier alpha value is -0.890. The molecule has 15 heavy (non-hydrogen) atoms. The van der Waals surface area contributed by atoms with E-state index in [2.05, 4.69) is 5.32 Å². The number of alkyl halides is 1. The lowest BCUT2D eigenvalue weighted by Crippen LogP contribution is -2.37. The largest absolute Gasteiger partial charge is 0.316 e. The van der Waals surface area contributed by atoms with Gasteiger partial charge >= 0.3 is 0 Å². The maximum atomic E-state index is 14.7. The van der Waals surface area contributed by atoms with Crippen molar-refractivity contribution in [1.29, 1.82) is 0 Å². The number of benzene rings is 1. The first kappa shape index (κ1) is 10.6. The molecule has 0 atom stereocenters. The average molecular weight is 207 g/mol. The number of nitrogens with one attached hydrogen (secondary N) is 1. The van der Waals surface area contributed by atoms with E-state index in [1.165, 1.54) is 5.56 Å². The van der Waals surface area contributed by atoms with Gasteiger partial charge in [-0.2, -0.15) is 0 Å². The van der Waals surface area contributed by atoms with Gasteiger partial charge in [0.15, 0.2) is 0 Å². The summed E-state index contributed by atoms with van der Waals surface area (Å²) in [5, 5.41) is 3.20. The summed E-state index contributed by atoms with van der Waals surface area (Å²) in [5.41, 5.74) is 2.08. The molecule has 1 aromatic rings. The second-order valence-corrected chi connectivity index (χ2v) is 4.46. The van der Waals surface area contributed by atoms with Gasteiger partial charge in [0.2, 0.25) is 0 Å². The quantitative estimate of drug-likeness (QED) is 0.746. The molecule has 0 aromatic heterocycles. The number of hydrogen-bond acceptors (Lipinski definition) is 1. The van der Waals surface area contributed by atoms with Crippen LogP contribution in [-0.2, 0) is 5.67 Å². The predicted molar refractivity (Wildman–Crippen MR) is 60.8 cm³/mol. The van der Waals surface area contributed by atoms with Crippen molar-refractivity contribution in [3.63, 3.8) is 0 Å². The van der Waals surface area contributed by atoms with Gasteiger partial charge in [0.25, 0.3) is 0 Å². The van der Waals surface area contributed by atoms with Crippen LogP contribution in [0.4, 0.5) is 4.39 Å². The van der Waals surface area contributed by atoms with Crippen molar-refractivity contribution >= 4 is 0 Å². The fraction of sp³-hybridized carbons (Fsp3) is 0.538. The van der Waals surface area contributed by atoms with Crippen molar-refractivity contribution < 1.29 is 4.39 Å². The zero-order valence-corrected chi connectivity index (χ0v) is 9.44. The van der Waals surface area contributed by atoms with Crippen LogP contribution in [0.25, 0.3) is 0 Å².